The van der Waals surface area contributed by atoms with Crippen molar-refractivity contribution in [1.82, 2.24) is 0 Å². The number of para-hydroxylation sites is 1. The van der Waals surface area contributed by atoms with Gasteiger partial charge in [0.25, 0.3) is 0 Å². The van der Waals surface area contributed by atoms with Crippen molar-refractivity contribution in [1.29, 1.82) is 0 Å². The van der Waals surface area contributed by atoms with Crippen LogP contribution in [-0.2, 0) is 0 Å². The molecule has 0 heterocycles. The van der Waals surface area contributed by atoms with Crippen LogP contribution in [0.1, 0.15) is 19.4 Å². The second-order valence-corrected chi connectivity index (χ2v) is 5.03. The SMILES string of the molecule is CCOc1ccc(NCC(C)Oc2ccccc2C)cc1. The van der Waals surface area contributed by atoms with E-state index in [2.05, 4.69) is 25.2 Å². The van der Waals surface area contributed by atoms with Gasteiger partial charge in [-0.05, 0) is 56.7 Å². The van der Waals surface area contributed by atoms with Crippen LogP contribution in [0.2, 0.25) is 0 Å². The van der Waals surface area contributed by atoms with Gasteiger partial charge >= 0.3 is 0 Å². The van der Waals surface area contributed by atoms with Crippen LogP contribution in [-0.4, -0.2) is 19.3 Å². The molecule has 1 atom stereocenters. The van der Waals surface area contributed by atoms with Crippen molar-refractivity contribution < 1.29 is 9.47 Å². The molecule has 0 aliphatic rings. The van der Waals surface area contributed by atoms with Gasteiger partial charge in [0.2, 0.25) is 0 Å². The number of ether oxygens (including phenoxy) is 2. The van der Waals surface area contributed by atoms with Crippen molar-refractivity contribution in [2.45, 2.75) is 26.9 Å². The minimum atomic E-state index is 0.0951. The second-order valence-electron chi connectivity index (χ2n) is 5.03. The zero-order valence-corrected chi connectivity index (χ0v) is 12.9. The number of hydrogen-bond acceptors (Lipinski definition) is 3. The highest BCUT2D eigenvalue weighted by Gasteiger charge is 2.05. The Balaban J connectivity index is 1.83. The molecule has 2 rings (SSSR count). The highest BCUT2D eigenvalue weighted by atomic mass is 16.5. The summed E-state index contributed by atoms with van der Waals surface area (Å²) in [4.78, 5) is 0. The summed E-state index contributed by atoms with van der Waals surface area (Å²) < 4.78 is 11.4. The van der Waals surface area contributed by atoms with Gasteiger partial charge in [-0.1, -0.05) is 18.2 Å². The zero-order valence-electron chi connectivity index (χ0n) is 12.9. The average molecular weight is 285 g/mol. The van der Waals surface area contributed by atoms with Gasteiger partial charge in [0.15, 0.2) is 0 Å². The van der Waals surface area contributed by atoms with Gasteiger partial charge < -0.3 is 14.8 Å². The van der Waals surface area contributed by atoms with E-state index in [4.69, 9.17) is 9.47 Å². The molecule has 0 fully saturated rings. The minimum Gasteiger partial charge on any atom is -0.494 e. The second kappa shape index (κ2) is 7.58. The van der Waals surface area contributed by atoms with Crippen LogP contribution >= 0.6 is 0 Å². The summed E-state index contributed by atoms with van der Waals surface area (Å²) in [5.41, 5.74) is 2.23. The summed E-state index contributed by atoms with van der Waals surface area (Å²) in [5.74, 6) is 1.84. The molecule has 1 N–H and O–H groups in total. The first kappa shape index (κ1) is 15.2. The van der Waals surface area contributed by atoms with E-state index in [1.54, 1.807) is 0 Å². The van der Waals surface area contributed by atoms with E-state index in [1.807, 2.05) is 49.4 Å². The van der Waals surface area contributed by atoms with Crippen LogP contribution in [0, 0.1) is 6.92 Å². The smallest absolute Gasteiger partial charge is 0.122 e. The number of nitrogens with one attached hydrogen (secondary N) is 1. The average Bonchev–Trinajstić information content (AvgIpc) is 2.49. The molecule has 0 spiro atoms. The van der Waals surface area contributed by atoms with Gasteiger partial charge in [0.1, 0.15) is 17.6 Å². The minimum absolute atomic E-state index is 0.0951. The number of benzene rings is 2. The maximum atomic E-state index is 5.94. The molecule has 112 valence electrons. The Kier molecular flexibility index (Phi) is 5.50. The summed E-state index contributed by atoms with van der Waals surface area (Å²) in [7, 11) is 0. The fourth-order valence-corrected chi connectivity index (χ4v) is 2.04. The summed E-state index contributed by atoms with van der Waals surface area (Å²) in [6, 6.07) is 16.1. The molecule has 0 saturated carbocycles. The largest absolute Gasteiger partial charge is 0.494 e. The Morgan fingerprint density at radius 1 is 1.05 bits per heavy atom. The third kappa shape index (κ3) is 4.71. The van der Waals surface area contributed by atoms with Gasteiger partial charge in [-0.3, -0.25) is 0 Å². The van der Waals surface area contributed by atoms with Crippen molar-refractivity contribution >= 4 is 5.69 Å². The Bertz CT molecular complexity index is 551. The molecule has 0 aliphatic carbocycles. The summed E-state index contributed by atoms with van der Waals surface area (Å²) in [6.45, 7) is 7.54. The molecular weight excluding hydrogens is 262 g/mol. The van der Waals surface area contributed by atoms with Gasteiger partial charge in [-0.25, -0.2) is 0 Å². The van der Waals surface area contributed by atoms with E-state index in [1.165, 1.54) is 0 Å². The Morgan fingerprint density at radius 2 is 1.76 bits per heavy atom. The lowest BCUT2D eigenvalue weighted by molar-refractivity contribution is 0.233. The van der Waals surface area contributed by atoms with Gasteiger partial charge in [-0.15, -0.1) is 0 Å². The van der Waals surface area contributed by atoms with Gasteiger partial charge in [-0.2, -0.15) is 0 Å². The van der Waals surface area contributed by atoms with E-state index in [0.717, 1.165) is 29.3 Å². The van der Waals surface area contributed by atoms with Crippen molar-refractivity contribution in [3.05, 3.63) is 54.1 Å². The van der Waals surface area contributed by atoms with Crippen molar-refractivity contribution in [3.63, 3.8) is 0 Å². The van der Waals surface area contributed by atoms with Gasteiger partial charge in [0, 0.05) is 5.69 Å². The fourth-order valence-electron chi connectivity index (χ4n) is 2.04. The number of hydrogen-bond donors (Lipinski definition) is 1. The lowest BCUT2D eigenvalue weighted by atomic mass is 10.2. The van der Waals surface area contributed by atoms with Crippen LogP contribution < -0.4 is 14.8 Å². The van der Waals surface area contributed by atoms with E-state index in [-0.39, 0.29) is 6.10 Å². The van der Waals surface area contributed by atoms with Crippen LogP contribution in [0.25, 0.3) is 0 Å². The third-order valence-corrected chi connectivity index (χ3v) is 3.18. The Hall–Kier alpha value is -2.16. The predicted octanol–water partition coefficient (Wildman–Crippen LogP) is 4.27. The molecule has 21 heavy (non-hydrogen) atoms. The molecule has 0 aliphatic heterocycles. The molecule has 3 nitrogen and oxygen atoms in total. The molecule has 1 unspecified atom stereocenters. The maximum absolute atomic E-state index is 5.94. The van der Waals surface area contributed by atoms with Crippen molar-refractivity contribution in [2.24, 2.45) is 0 Å². The summed E-state index contributed by atoms with van der Waals surface area (Å²) in [6.07, 6.45) is 0.0951. The standard InChI is InChI=1S/C18H23NO2/c1-4-20-17-11-9-16(10-12-17)19-13-15(3)21-18-8-6-5-7-14(18)2/h5-12,15,19H,4,13H2,1-3H3. The van der Waals surface area contributed by atoms with Crippen LogP contribution in [0.4, 0.5) is 5.69 Å². The predicted molar refractivity (Wildman–Crippen MR) is 87.4 cm³/mol. The molecule has 0 aromatic heterocycles. The Labute approximate surface area is 126 Å². The highest BCUT2D eigenvalue weighted by Crippen LogP contribution is 2.19. The summed E-state index contributed by atoms with van der Waals surface area (Å²) in [5, 5.41) is 3.37. The normalized spacial score (nSPS) is 11.8. The molecule has 0 saturated heterocycles. The molecule has 0 radical (unpaired) electrons. The number of rotatable bonds is 7. The number of anilines is 1. The molecule has 3 heteroatoms. The quantitative estimate of drug-likeness (QED) is 0.824. The molecule has 2 aromatic rings. The van der Waals surface area contributed by atoms with Crippen LogP contribution in [0.15, 0.2) is 48.5 Å². The maximum Gasteiger partial charge on any atom is 0.122 e. The molecule has 0 amide bonds. The first-order chi connectivity index (χ1) is 10.2. The molecule has 2 aromatic carbocycles. The third-order valence-electron chi connectivity index (χ3n) is 3.18. The van der Waals surface area contributed by atoms with Crippen LogP contribution in [0.5, 0.6) is 11.5 Å². The summed E-state index contributed by atoms with van der Waals surface area (Å²) >= 11 is 0. The lowest BCUT2D eigenvalue weighted by Crippen LogP contribution is -2.22. The van der Waals surface area contributed by atoms with E-state index >= 15 is 0 Å². The van der Waals surface area contributed by atoms with Crippen molar-refractivity contribution in [2.75, 3.05) is 18.5 Å². The zero-order chi connectivity index (χ0) is 15.1. The lowest BCUT2D eigenvalue weighted by Gasteiger charge is -2.17. The van der Waals surface area contributed by atoms with E-state index in [9.17, 15) is 0 Å². The first-order valence-electron chi connectivity index (χ1n) is 7.38. The van der Waals surface area contributed by atoms with Gasteiger partial charge in [0.05, 0.1) is 13.2 Å². The fraction of sp³-hybridized carbons (Fsp3) is 0.333. The first-order valence-corrected chi connectivity index (χ1v) is 7.38. The molecular formula is C18H23NO2. The van der Waals surface area contributed by atoms with Crippen LogP contribution in [0.3, 0.4) is 0 Å². The Morgan fingerprint density at radius 3 is 2.43 bits per heavy atom. The van der Waals surface area contributed by atoms with E-state index < -0.39 is 0 Å². The monoisotopic (exact) mass is 285 g/mol. The van der Waals surface area contributed by atoms with Crippen molar-refractivity contribution in [3.8, 4) is 11.5 Å². The highest BCUT2D eigenvalue weighted by molar-refractivity contribution is 5.46. The van der Waals surface area contributed by atoms with E-state index in [0.29, 0.717) is 6.61 Å². The topological polar surface area (TPSA) is 30.5 Å². The number of aryl methyl sites for hydroxylation is 1. The molecule has 0 bridgehead atoms.